The van der Waals surface area contributed by atoms with E-state index in [1.807, 2.05) is 0 Å². The van der Waals surface area contributed by atoms with Crippen LogP contribution in [-0.2, 0) is 4.79 Å². The molecule has 2 amide bonds. The first-order valence-corrected chi connectivity index (χ1v) is 5.85. The number of carbonyl (C=O) groups is 2. The molecule has 1 unspecified atom stereocenters. The summed E-state index contributed by atoms with van der Waals surface area (Å²) in [6.07, 6.45) is 8.16. The van der Waals surface area contributed by atoms with Crippen LogP contribution in [0.4, 0.5) is 4.79 Å². The summed E-state index contributed by atoms with van der Waals surface area (Å²) in [4.78, 5) is 24.0. The number of hydrogen-bond donors (Lipinski definition) is 2. The van der Waals surface area contributed by atoms with Crippen LogP contribution in [0.25, 0.3) is 0 Å². The number of amides is 2. The molecule has 1 aliphatic heterocycles. The number of carboxylic acids is 1. The second-order valence-electron chi connectivity index (χ2n) is 4.13. The molecular weight excluding hydrogens is 220 g/mol. The normalized spacial score (nSPS) is 18.8. The Morgan fingerprint density at radius 2 is 2.29 bits per heavy atom. The summed E-state index contributed by atoms with van der Waals surface area (Å²) in [5, 5.41) is 11.5. The van der Waals surface area contributed by atoms with Crippen LogP contribution in [-0.4, -0.2) is 41.1 Å². The van der Waals surface area contributed by atoms with Crippen molar-refractivity contribution in [2.45, 2.75) is 38.1 Å². The lowest BCUT2D eigenvalue weighted by atomic mass is 10.1. The predicted molar refractivity (Wildman–Crippen MR) is 63.4 cm³/mol. The van der Waals surface area contributed by atoms with Crippen molar-refractivity contribution < 1.29 is 14.7 Å². The van der Waals surface area contributed by atoms with Crippen LogP contribution in [0.2, 0.25) is 0 Å². The van der Waals surface area contributed by atoms with E-state index in [0.717, 1.165) is 19.3 Å². The highest BCUT2D eigenvalue weighted by molar-refractivity contribution is 5.76. The summed E-state index contributed by atoms with van der Waals surface area (Å²) in [5.74, 6) is 1.64. The van der Waals surface area contributed by atoms with Gasteiger partial charge in [0.1, 0.15) is 0 Å². The maximum atomic E-state index is 11.8. The van der Waals surface area contributed by atoms with Crippen molar-refractivity contribution >= 4 is 12.0 Å². The summed E-state index contributed by atoms with van der Waals surface area (Å²) >= 11 is 0. The van der Waals surface area contributed by atoms with Crippen LogP contribution in [0.5, 0.6) is 0 Å². The van der Waals surface area contributed by atoms with E-state index in [1.165, 1.54) is 0 Å². The number of aliphatic carboxylic acids is 1. The van der Waals surface area contributed by atoms with Gasteiger partial charge in [-0.25, -0.2) is 4.79 Å². The molecule has 0 bridgehead atoms. The van der Waals surface area contributed by atoms with E-state index in [9.17, 15) is 9.59 Å². The third kappa shape index (κ3) is 4.35. The van der Waals surface area contributed by atoms with Gasteiger partial charge in [-0.15, -0.1) is 12.3 Å². The minimum Gasteiger partial charge on any atom is -0.481 e. The fourth-order valence-corrected chi connectivity index (χ4v) is 2.00. The smallest absolute Gasteiger partial charge is 0.317 e. The van der Waals surface area contributed by atoms with Gasteiger partial charge >= 0.3 is 12.0 Å². The van der Waals surface area contributed by atoms with Gasteiger partial charge in [0.05, 0.1) is 6.42 Å². The molecule has 5 heteroatoms. The number of hydrogen-bond acceptors (Lipinski definition) is 2. The Labute approximate surface area is 101 Å². The van der Waals surface area contributed by atoms with Crippen molar-refractivity contribution in [3.05, 3.63) is 0 Å². The fraction of sp³-hybridized carbons (Fsp3) is 0.667. The van der Waals surface area contributed by atoms with Gasteiger partial charge in [-0.3, -0.25) is 4.79 Å². The summed E-state index contributed by atoms with van der Waals surface area (Å²) in [5.41, 5.74) is 0. The average Bonchev–Trinajstić information content (AvgIpc) is 2.71. The molecule has 0 aromatic carbocycles. The fourth-order valence-electron chi connectivity index (χ4n) is 2.00. The van der Waals surface area contributed by atoms with Crippen molar-refractivity contribution in [1.29, 1.82) is 0 Å². The molecule has 2 N–H and O–H groups in total. The molecular formula is C12H18N2O3. The zero-order valence-electron chi connectivity index (χ0n) is 9.82. The molecule has 0 saturated carbocycles. The molecule has 1 heterocycles. The molecule has 1 atom stereocenters. The van der Waals surface area contributed by atoms with E-state index < -0.39 is 5.97 Å². The molecule has 1 fully saturated rings. The largest absolute Gasteiger partial charge is 0.481 e. The second-order valence-corrected chi connectivity index (χ2v) is 4.13. The Morgan fingerprint density at radius 3 is 2.94 bits per heavy atom. The molecule has 0 aliphatic carbocycles. The number of terminal acetylenes is 1. The molecule has 94 valence electrons. The van der Waals surface area contributed by atoms with Crippen molar-refractivity contribution in [2.75, 3.05) is 13.1 Å². The second kappa shape index (κ2) is 6.79. The lowest BCUT2D eigenvalue weighted by Gasteiger charge is -2.23. The lowest BCUT2D eigenvalue weighted by molar-refractivity contribution is -0.137. The quantitative estimate of drug-likeness (QED) is 0.555. The standard InChI is InChI=1S/C12H18N2O3/c1-2-3-4-7-13-12(17)14-8-5-6-10(14)9-11(15)16/h1,10H,3-9H2,(H,13,17)(H,15,16). The number of unbranched alkanes of at least 4 members (excludes halogenated alkanes) is 1. The Balaban J connectivity index is 2.34. The number of nitrogens with one attached hydrogen (secondary N) is 1. The molecule has 0 aromatic heterocycles. The first-order valence-electron chi connectivity index (χ1n) is 5.85. The van der Waals surface area contributed by atoms with Crippen LogP contribution in [0, 0.1) is 12.3 Å². The van der Waals surface area contributed by atoms with Gasteiger partial charge in [-0.1, -0.05) is 0 Å². The van der Waals surface area contributed by atoms with Gasteiger partial charge in [-0.05, 0) is 19.3 Å². The van der Waals surface area contributed by atoms with Crippen LogP contribution in [0.3, 0.4) is 0 Å². The highest BCUT2D eigenvalue weighted by Gasteiger charge is 2.29. The minimum atomic E-state index is -0.859. The van der Waals surface area contributed by atoms with Gasteiger partial charge in [0.25, 0.3) is 0 Å². The molecule has 5 nitrogen and oxygen atoms in total. The van der Waals surface area contributed by atoms with Crippen molar-refractivity contribution in [3.8, 4) is 12.3 Å². The third-order valence-corrected chi connectivity index (χ3v) is 2.82. The Kier molecular flexibility index (Phi) is 5.34. The first kappa shape index (κ1) is 13.4. The Hall–Kier alpha value is -1.70. The maximum Gasteiger partial charge on any atom is 0.317 e. The summed E-state index contributed by atoms with van der Waals surface area (Å²) in [6, 6.07) is -0.342. The predicted octanol–water partition coefficient (Wildman–Crippen LogP) is 1.05. The number of nitrogens with zero attached hydrogens (tertiary/aromatic N) is 1. The molecule has 0 aromatic rings. The van der Waals surface area contributed by atoms with Gasteiger partial charge in [0, 0.05) is 25.6 Å². The SMILES string of the molecule is C#CCCCNC(=O)N1CCCC1CC(=O)O. The van der Waals surface area contributed by atoms with E-state index in [4.69, 9.17) is 11.5 Å². The lowest BCUT2D eigenvalue weighted by Crippen LogP contribution is -2.43. The number of rotatable bonds is 5. The highest BCUT2D eigenvalue weighted by atomic mass is 16.4. The van der Waals surface area contributed by atoms with Gasteiger partial charge < -0.3 is 15.3 Å². The van der Waals surface area contributed by atoms with E-state index in [0.29, 0.717) is 19.5 Å². The van der Waals surface area contributed by atoms with Gasteiger partial charge in [0.15, 0.2) is 0 Å². The molecule has 0 radical (unpaired) electrons. The number of carboxylic acid groups (broad SMARTS) is 1. The van der Waals surface area contributed by atoms with E-state index in [-0.39, 0.29) is 18.5 Å². The molecule has 0 spiro atoms. The average molecular weight is 238 g/mol. The zero-order chi connectivity index (χ0) is 12.7. The molecule has 1 aliphatic rings. The van der Waals surface area contributed by atoms with Crippen molar-refractivity contribution in [2.24, 2.45) is 0 Å². The summed E-state index contributed by atoms with van der Waals surface area (Å²) in [7, 11) is 0. The highest BCUT2D eigenvalue weighted by Crippen LogP contribution is 2.19. The van der Waals surface area contributed by atoms with Crippen LogP contribution in [0.15, 0.2) is 0 Å². The zero-order valence-corrected chi connectivity index (χ0v) is 9.82. The topological polar surface area (TPSA) is 69.6 Å². The maximum absolute atomic E-state index is 11.8. The monoisotopic (exact) mass is 238 g/mol. The number of likely N-dealkylation sites (tertiary alicyclic amines) is 1. The first-order chi connectivity index (χ1) is 8.15. The summed E-state index contributed by atoms with van der Waals surface area (Å²) in [6.45, 7) is 1.18. The number of urea groups is 1. The summed E-state index contributed by atoms with van der Waals surface area (Å²) < 4.78 is 0. The third-order valence-electron chi connectivity index (χ3n) is 2.82. The Morgan fingerprint density at radius 1 is 1.53 bits per heavy atom. The Bertz CT molecular complexity index is 322. The van der Waals surface area contributed by atoms with Gasteiger partial charge in [0.2, 0.25) is 0 Å². The minimum absolute atomic E-state index is 0.0256. The number of carbonyl (C=O) groups excluding carboxylic acids is 1. The van der Waals surface area contributed by atoms with E-state index in [2.05, 4.69) is 11.2 Å². The van der Waals surface area contributed by atoms with Crippen molar-refractivity contribution in [3.63, 3.8) is 0 Å². The van der Waals surface area contributed by atoms with Gasteiger partial charge in [-0.2, -0.15) is 0 Å². The van der Waals surface area contributed by atoms with E-state index in [1.54, 1.807) is 4.90 Å². The molecule has 1 saturated heterocycles. The van der Waals surface area contributed by atoms with Crippen LogP contribution in [0.1, 0.15) is 32.1 Å². The van der Waals surface area contributed by atoms with Crippen LogP contribution < -0.4 is 5.32 Å². The van der Waals surface area contributed by atoms with E-state index >= 15 is 0 Å². The van der Waals surface area contributed by atoms with Crippen molar-refractivity contribution in [1.82, 2.24) is 10.2 Å². The van der Waals surface area contributed by atoms with Crippen LogP contribution >= 0.6 is 0 Å². The molecule has 1 rings (SSSR count). The molecule has 17 heavy (non-hydrogen) atoms.